The van der Waals surface area contributed by atoms with Crippen LogP contribution in [0.4, 0.5) is 10.1 Å². The van der Waals surface area contributed by atoms with Gasteiger partial charge in [0.2, 0.25) is 0 Å². The maximum Gasteiger partial charge on any atom is 0.139 e. The third-order valence-corrected chi connectivity index (χ3v) is 2.81. The number of hydrogen-bond donors (Lipinski definition) is 1. The van der Waals surface area contributed by atoms with Crippen molar-refractivity contribution in [2.75, 3.05) is 5.32 Å². The van der Waals surface area contributed by atoms with Gasteiger partial charge in [0.05, 0.1) is 16.7 Å². The molecule has 2 rings (SSSR count). The van der Waals surface area contributed by atoms with E-state index in [1.165, 1.54) is 6.07 Å². The van der Waals surface area contributed by atoms with Crippen molar-refractivity contribution in [1.29, 1.82) is 0 Å². The summed E-state index contributed by atoms with van der Waals surface area (Å²) in [4.78, 5) is 0. The molecule has 0 spiro atoms. The highest BCUT2D eigenvalue weighted by atomic mass is 79.9. The van der Waals surface area contributed by atoms with E-state index in [0.717, 1.165) is 11.4 Å². The van der Waals surface area contributed by atoms with Crippen molar-refractivity contribution in [1.82, 2.24) is 9.78 Å². The highest BCUT2D eigenvalue weighted by molar-refractivity contribution is 9.10. The summed E-state index contributed by atoms with van der Waals surface area (Å²) < 4.78 is 15.4. The van der Waals surface area contributed by atoms with Crippen molar-refractivity contribution in [2.45, 2.75) is 6.54 Å². The van der Waals surface area contributed by atoms with Gasteiger partial charge in [0.15, 0.2) is 0 Å². The van der Waals surface area contributed by atoms with Crippen LogP contribution in [0.2, 0.25) is 0 Å². The van der Waals surface area contributed by atoms with Gasteiger partial charge >= 0.3 is 0 Å². The van der Waals surface area contributed by atoms with E-state index >= 15 is 0 Å². The number of aryl methyl sites for hydroxylation is 1. The molecular formula is C11H11BrFN3. The molecule has 0 bridgehead atoms. The number of aromatic nitrogens is 2. The van der Waals surface area contributed by atoms with E-state index in [1.807, 2.05) is 25.4 Å². The van der Waals surface area contributed by atoms with Crippen molar-refractivity contribution < 1.29 is 4.39 Å². The smallest absolute Gasteiger partial charge is 0.139 e. The van der Waals surface area contributed by atoms with Gasteiger partial charge in [-0.2, -0.15) is 5.10 Å². The van der Waals surface area contributed by atoms with Crippen molar-refractivity contribution in [2.24, 2.45) is 7.05 Å². The zero-order chi connectivity index (χ0) is 11.5. The number of halogens is 2. The number of anilines is 1. The summed E-state index contributed by atoms with van der Waals surface area (Å²) in [6, 6.07) is 6.86. The van der Waals surface area contributed by atoms with Gasteiger partial charge in [-0.15, -0.1) is 0 Å². The van der Waals surface area contributed by atoms with Crippen LogP contribution in [0.5, 0.6) is 0 Å². The zero-order valence-corrected chi connectivity index (χ0v) is 10.3. The molecule has 84 valence electrons. The van der Waals surface area contributed by atoms with Crippen LogP contribution in [0.15, 0.2) is 34.9 Å². The van der Waals surface area contributed by atoms with Crippen LogP contribution in [0.25, 0.3) is 0 Å². The molecule has 5 heteroatoms. The second-order valence-electron chi connectivity index (χ2n) is 3.46. The maximum atomic E-state index is 13.2. The topological polar surface area (TPSA) is 29.9 Å². The summed E-state index contributed by atoms with van der Waals surface area (Å²) in [5, 5.41) is 7.32. The first-order chi connectivity index (χ1) is 7.65. The Morgan fingerprint density at radius 1 is 1.44 bits per heavy atom. The molecule has 1 aromatic carbocycles. The summed E-state index contributed by atoms with van der Waals surface area (Å²) in [6.07, 6.45) is 1.87. The minimum atomic E-state index is -0.272. The molecule has 3 nitrogen and oxygen atoms in total. The standard InChI is InChI=1S/C11H11BrFN3/c1-16-5-4-9(15-16)7-14-8-2-3-10(12)11(13)6-8/h2-6,14H,7H2,1H3. The fraction of sp³-hybridized carbons (Fsp3) is 0.182. The third-order valence-electron chi connectivity index (χ3n) is 2.16. The summed E-state index contributed by atoms with van der Waals surface area (Å²) in [5.74, 6) is -0.272. The van der Waals surface area contributed by atoms with Crippen LogP contribution in [0, 0.1) is 5.82 Å². The van der Waals surface area contributed by atoms with Crippen molar-refractivity contribution in [3.63, 3.8) is 0 Å². The molecule has 0 saturated carbocycles. The Labute approximate surface area is 101 Å². The quantitative estimate of drug-likeness (QED) is 0.939. The molecule has 0 unspecified atom stereocenters. The lowest BCUT2D eigenvalue weighted by molar-refractivity contribution is 0.621. The third kappa shape index (κ3) is 2.61. The molecular weight excluding hydrogens is 273 g/mol. The van der Waals surface area contributed by atoms with Crippen LogP contribution in [0.3, 0.4) is 0 Å². The number of benzene rings is 1. The van der Waals surface area contributed by atoms with Crippen LogP contribution in [-0.4, -0.2) is 9.78 Å². The van der Waals surface area contributed by atoms with Gasteiger partial charge in [0.1, 0.15) is 5.82 Å². The highest BCUT2D eigenvalue weighted by Gasteiger charge is 2.01. The molecule has 16 heavy (non-hydrogen) atoms. The lowest BCUT2D eigenvalue weighted by Gasteiger charge is -2.04. The zero-order valence-electron chi connectivity index (χ0n) is 8.74. The Hall–Kier alpha value is -1.36. The summed E-state index contributed by atoms with van der Waals surface area (Å²) >= 11 is 3.11. The minimum Gasteiger partial charge on any atom is -0.379 e. The molecule has 0 aliphatic heterocycles. The van der Waals surface area contributed by atoms with Crippen molar-refractivity contribution in [3.05, 3.63) is 46.4 Å². The average Bonchev–Trinajstić information content (AvgIpc) is 2.66. The van der Waals surface area contributed by atoms with Gasteiger partial charge in [0, 0.05) is 18.9 Å². The van der Waals surface area contributed by atoms with Gasteiger partial charge in [-0.1, -0.05) is 0 Å². The van der Waals surface area contributed by atoms with E-state index in [9.17, 15) is 4.39 Å². The Bertz CT molecular complexity index is 496. The lowest BCUT2D eigenvalue weighted by atomic mass is 10.3. The van der Waals surface area contributed by atoms with Crippen molar-refractivity contribution >= 4 is 21.6 Å². The number of nitrogens with zero attached hydrogens (tertiary/aromatic N) is 2. The molecule has 0 atom stereocenters. The van der Waals surface area contributed by atoms with E-state index in [2.05, 4.69) is 26.3 Å². The second kappa shape index (κ2) is 4.65. The van der Waals surface area contributed by atoms with E-state index < -0.39 is 0 Å². The molecule has 1 heterocycles. The monoisotopic (exact) mass is 283 g/mol. The first kappa shape index (κ1) is 11.1. The molecule has 0 aliphatic rings. The first-order valence-corrected chi connectivity index (χ1v) is 5.62. The SMILES string of the molecule is Cn1ccc(CNc2ccc(Br)c(F)c2)n1. The minimum absolute atomic E-state index is 0.272. The Kier molecular flexibility index (Phi) is 3.24. The average molecular weight is 284 g/mol. The molecule has 0 aliphatic carbocycles. The fourth-order valence-corrected chi connectivity index (χ4v) is 1.60. The Morgan fingerprint density at radius 3 is 2.88 bits per heavy atom. The Morgan fingerprint density at radius 2 is 2.25 bits per heavy atom. The maximum absolute atomic E-state index is 13.2. The predicted molar refractivity (Wildman–Crippen MR) is 64.6 cm³/mol. The summed E-state index contributed by atoms with van der Waals surface area (Å²) in [5.41, 5.74) is 1.66. The molecule has 0 saturated heterocycles. The van der Waals surface area contributed by atoms with Crippen molar-refractivity contribution in [3.8, 4) is 0 Å². The predicted octanol–water partition coefficient (Wildman–Crippen LogP) is 2.93. The summed E-state index contributed by atoms with van der Waals surface area (Å²) in [7, 11) is 1.86. The molecule has 0 radical (unpaired) electrons. The lowest BCUT2D eigenvalue weighted by Crippen LogP contribution is -2.01. The number of hydrogen-bond acceptors (Lipinski definition) is 2. The van der Waals surface area contributed by atoms with Gasteiger partial charge in [-0.05, 0) is 40.2 Å². The van der Waals surface area contributed by atoms with E-state index in [-0.39, 0.29) is 5.82 Å². The first-order valence-electron chi connectivity index (χ1n) is 4.82. The van der Waals surface area contributed by atoms with E-state index in [0.29, 0.717) is 11.0 Å². The van der Waals surface area contributed by atoms with Crippen LogP contribution in [0.1, 0.15) is 5.69 Å². The van der Waals surface area contributed by atoms with Crippen LogP contribution in [-0.2, 0) is 13.6 Å². The molecule has 0 fully saturated rings. The number of nitrogens with one attached hydrogen (secondary N) is 1. The Balaban J connectivity index is 2.02. The van der Waals surface area contributed by atoms with E-state index in [1.54, 1.807) is 10.7 Å². The fourth-order valence-electron chi connectivity index (χ4n) is 1.36. The van der Waals surface area contributed by atoms with Gasteiger partial charge in [0.25, 0.3) is 0 Å². The van der Waals surface area contributed by atoms with Gasteiger partial charge in [-0.25, -0.2) is 4.39 Å². The number of rotatable bonds is 3. The molecule has 0 amide bonds. The molecule has 2 aromatic rings. The van der Waals surface area contributed by atoms with E-state index in [4.69, 9.17) is 0 Å². The highest BCUT2D eigenvalue weighted by Crippen LogP contribution is 2.19. The normalized spacial score (nSPS) is 10.4. The summed E-state index contributed by atoms with van der Waals surface area (Å²) in [6.45, 7) is 0.585. The largest absolute Gasteiger partial charge is 0.379 e. The second-order valence-corrected chi connectivity index (χ2v) is 4.32. The van der Waals surface area contributed by atoms with Crippen LogP contribution >= 0.6 is 15.9 Å². The van der Waals surface area contributed by atoms with Gasteiger partial charge < -0.3 is 5.32 Å². The molecule has 1 N–H and O–H groups in total. The van der Waals surface area contributed by atoms with Gasteiger partial charge in [-0.3, -0.25) is 4.68 Å². The molecule has 1 aromatic heterocycles. The van der Waals surface area contributed by atoms with Crippen LogP contribution < -0.4 is 5.32 Å².